The van der Waals surface area contributed by atoms with Crippen molar-refractivity contribution in [2.24, 2.45) is 0 Å². The first-order valence-electron chi connectivity index (χ1n) is 7.22. The molecule has 0 N–H and O–H groups in total. The second-order valence-corrected chi connectivity index (χ2v) is 6.11. The van der Waals surface area contributed by atoms with Crippen molar-refractivity contribution >= 4 is 23.2 Å². The predicted molar refractivity (Wildman–Crippen MR) is 87.9 cm³/mol. The molecule has 0 unspecified atom stereocenters. The number of methoxy groups -OCH3 is 1. The molecule has 0 aliphatic rings. The van der Waals surface area contributed by atoms with Gasteiger partial charge >= 0.3 is 5.97 Å². The Labute approximate surface area is 139 Å². The molecule has 0 aliphatic heterocycles. The van der Waals surface area contributed by atoms with E-state index in [0.717, 1.165) is 10.6 Å². The molecule has 0 aliphatic carbocycles. The van der Waals surface area contributed by atoms with Gasteiger partial charge in [-0.15, -0.1) is 11.3 Å². The second kappa shape index (κ2) is 7.82. The third-order valence-electron chi connectivity index (χ3n) is 3.26. The Morgan fingerprint density at radius 2 is 2.17 bits per heavy atom. The normalized spacial score (nSPS) is 10.6. The number of pyridine rings is 1. The van der Waals surface area contributed by atoms with Crippen molar-refractivity contribution in [2.75, 3.05) is 13.7 Å². The number of ether oxygens (including phenoxy) is 1. The molecule has 6 nitrogen and oxygen atoms in total. The molecule has 0 saturated carbocycles. The second-order valence-electron chi connectivity index (χ2n) is 5.25. The number of esters is 1. The van der Waals surface area contributed by atoms with Crippen molar-refractivity contribution < 1.29 is 14.3 Å². The van der Waals surface area contributed by atoms with Crippen LogP contribution < -0.4 is 0 Å². The number of amides is 1. The lowest BCUT2D eigenvalue weighted by Crippen LogP contribution is -2.41. The van der Waals surface area contributed by atoms with Gasteiger partial charge in [0.15, 0.2) is 0 Å². The minimum Gasteiger partial charge on any atom is -0.468 e. The Morgan fingerprint density at radius 1 is 1.39 bits per heavy atom. The molecule has 0 bridgehead atoms. The first-order chi connectivity index (χ1) is 11.0. The summed E-state index contributed by atoms with van der Waals surface area (Å²) in [7, 11) is 1.31. The summed E-state index contributed by atoms with van der Waals surface area (Å²) < 4.78 is 4.64. The van der Waals surface area contributed by atoms with Crippen molar-refractivity contribution in [2.45, 2.75) is 26.3 Å². The van der Waals surface area contributed by atoms with Gasteiger partial charge in [-0.1, -0.05) is 0 Å². The monoisotopic (exact) mass is 333 g/mol. The van der Waals surface area contributed by atoms with Crippen LogP contribution in [-0.2, 0) is 20.7 Å². The van der Waals surface area contributed by atoms with Crippen LogP contribution in [0, 0.1) is 0 Å². The molecule has 2 rings (SSSR count). The van der Waals surface area contributed by atoms with E-state index in [-0.39, 0.29) is 24.9 Å². The van der Waals surface area contributed by atoms with Crippen LogP contribution in [0.5, 0.6) is 0 Å². The number of rotatable bonds is 6. The summed E-state index contributed by atoms with van der Waals surface area (Å²) in [5.41, 5.74) is 1.61. The molecule has 0 saturated heterocycles. The number of thiazole rings is 1. The van der Waals surface area contributed by atoms with Crippen molar-refractivity contribution in [1.29, 1.82) is 0 Å². The largest absolute Gasteiger partial charge is 0.468 e. The molecule has 0 aromatic carbocycles. The molecule has 7 heteroatoms. The van der Waals surface area contributed by atoms with Gasteiger partial charge in [0, 0.05) is 29.4 Å². The molecule has 2 heterocycles. The maximum absolute atomic E-state index is 12.4. The van der Waals surface area contributed by atoms with Gasteiger partial charge in [0.1, 0.15) is 11.6 Å². The van der Waals surface area contributed by atoms with E-state index < -0.39 is 5.97 Å². The Bertz CT molecular complexity index is 670. The number of hydrogen-bond acceptors (Lipinski definition) is 6. The minimum atomic E-state index is -0.429. The number of nitrogens with zero attached hydrogens (tertiary/aromatic N) is 3. The lowest BCUT2D eigenvalue weighted by molar-refractivity contribution is -0.148. The Hall–Kier alpha value is -2.28. The zero-order chi connectivity index (χ0) is 16.8. The van der Waals surface area contributed by atoms with Crippen LogP contribution in [0.25, 0.3) is 10.6 Å². The molecule has 0 radical (unpaired) electrons. The average Bonchev–Trinajstić information content (AvgIpc) is 3.01. The summed E-state index contributed by atoms with van der Waals surface area (Å²) in [5, 5.41) is 2.68. The van der Waals surface area contributed by atoms with Gasteiger partial charge in [-0.05, 0) is 26.0 Å². The molecular formula is C16H19N3O3S. The van der Waals surface area contributed by atoms with Gasteiger partial charge < -0.3 is 9.64 Å². The zero-order valence-electron chi connectivity index (χ0n) is 13.4. The summed E-state index contributed by atoms with van der Waals surface area (Å²) in [5.74, 6) is -0.574. The van der Waals surface area contributed by atoms with Crippen LogP contribution in [0.1, 0.15) is 19.5 Å². The fraction of sp³-hybridized carbons (Fsp3) is 0.375. The molecule has 1 amide bonds. The van der Waals surface area contributed by atoms with Crippen LogP contribution in [0.4, 0.5) is 0 Å². The number of carbonyl (C=O) groups excluding carboxylic acids is 2. The summed E-state index contributed by atoms with van der Waals surface area (Å²) >= 11 is 1.47. The average molecular weight is 333 g/mol. The van der Waals surface area contributed by atoms with E-state index in [1.165, 1.54) is 23.3 Å². The number of carbonyl (C=O) groups is 2. The zero-order valence-corrected chi connectivity index (χ0v) is 14.2. The molecule has 0 fully saturated rings. The van der Waals surface area contributed by atoms with Crippen molar-refractivity contribution in [3.8, 4) is 10.6 Å². The van der Waals surface area contributed by atoms with E-state index in [4.69, 9.17) is 0 Å². The van der Waals surface area contributed by atoms with E-state index in [1.54, 1.807) is 12.4 Å². The first kappa shape index (κ1) is 17.1. The van der Waals surface area contributed by atoms with Crippen molar-refractivity contribution in [1.82, 2.24) is 14.9 Å². The fourth-order valence-electron chi connectivity index (χ4n) is 2.03. The highest BCUT2D eigenvalue weighted by Crippen LogP contribution is 2.23. The summed E-state index contributed by atoms with van der Waals surface area (Å²) in [4.78, 5) is 33.9. The predicted octanol–water partition coefficient (Wildman–Crippen LogP) is 2.16. The Morgan fingerprint density at radius 3 is 2.78 bits per heavy atom. The van der Waals surface area contributed by atoms with Crippen LogP contribution in [0.15, 0.2) is 29.9 Å². The Kier molecular flexibility index (Phi) is 5.81. The van der Waals surface area contributed by atoms with Gasteiger partial charge in [-0.25, -0.2) is 4.98 Å². The maximum atomic E-state index is 12.4. The van der Waals surface area contributed by atoms with Crippen LogP contribution in [-0.4, -0.2) is 46.4 Å². The van der Waals surface area contributed by atoms with Crippen molar-refractivity contribution in [3.63, 3.8) is 0 Å². The SMILES string of the molecule is COC(=O)CN(C(=O)Cc1csc(-c2cccnc2)n1)C(C)C. The van der Waals surface area contributed by atoms with Gasteiger partial charge in [-0.3, -0.25) is 14.6 Å². The van der Waals surface area contributed by atoms with E-state index in [9.17, 15) is 9.59 Å². The standard InChI is InChI=1S/C16H19N3O3S/c1-11(2)19(9-15(21)22-3)14(20)7-13-10-23-16(18-13)12-5-4-6-17-8-12/h4-6,8,10-11H,7,9H2,1-3H3. The molecule has 2 aromatic heterocycles. The highest BCUT2D eigenvalue weighted by Gasteiger charge is 2.21. The Balaban J connectivity index is 2.07. The van der Waals surface area contributed by atoms with Gasteiger partial charge in [-0.2, -0.15) is 0 Å². The topological polar surface area (TPSA) is 72.4 Å². The van der Waals surface area contributed by atoms with Crippen molar-refractivity contribution in [3.05, 3.63) is 35.6 Å². The molecule has 122 valence electrons. The van der Waals surface area contributed by atoms with E-state index in [0.29, 0.717) is 5.69 Å². The molecular weight excluding hydrogens is 314 g/mol. The minimum absolute atomic E-state index is 0.0490. The molecule has 0 spiro atoms. The molecule has 2 aromatic rings. The third kappa shape index (κ3) is 4.59. The summed E-state index contributed by atoms with van der Waals surface area (Å²) in [6.45, 7) is 3.68. The van der Waals surface area contributed by atoms with E-state index in [1.807, 2.05) is 31.4 Å². The van der Waals surface area contributed by atoms with E-state index in [2.05, 4.69) is 14.7 Å². The highest BCUT2D eigenvalue weighted by molar-refractivity contribution is 7.13. The lowest BCUT2D eigenvalue weighted by Gasteiger charge is -2.25. The smallest absolute Gasteiger partial charge is 0.325 e. The molecule has 23 heavy (non-hydrogen) atoms. The lowest BCUT2D eigenvalue weighted by atomic mass is 10.2. The van der Waals surface area contributed by atoms with Crippen LogP contribution >= 0.6 is 11.3 Å². The third-order valence-corrected chi connectivity index (χ3v) is 4.20. The van der Waals surface area contributed by atoms with Crippen LogP contribution in [0.2, 0.25) is 0 Å². The van der Waals surface area contributed by atoms with Crippen LogP contribution in [0.3, 0.4) is 0 Å². The quantitative estimate of drug-likeness (QED) is 0.758. The number of aromatic nitrogens is 2. The first-order valence-corrected chi connectivity index (χ1v) is 8.10. The fourth-order valence-corrected chi connectivity index (χ4v) is 2.84. The molecule has 0 atom stereocenters. The number of hydrogen-bond donors (Lipinski definition) is 0. The summed E-state index contributed by atoms with van der Waals surface area (Å²) in [6.07, 6.45) is 3.60. The van der Waals surface area contributed by atoms with Gasteiger partial charge in [0.2, 0.25) is 5.91 Å². The van der Waals surface area contributed by atoms with Gasteiger partial charge in [0.25, 0.3) is 0 Å². The van der Waals surface area contributed by atoms with E-state index >= 15 is 0 Å². The highest BCUT2D eigenvalue weighted by atomic mass is 32.1. The summed E-state index contributed by atoms with van der Waals surface area (Å²) in [6, 6.07) is 3.69. The maximum Gasteiger partial charge on any atom is 0.325 e. The van der Waals surface area contributed by atoms with Gasteiger partial charge in [0.05, 0.1) is 19.2 Å².